The number of amidine groups is 1. The number of para-hydroxylation sites is 2. The predicted octanol–water partition coefficient (Wildman–Crippen LogP) is 0.910. The van der Waals surface area contributed by atoms with Gasteiger partial charge in [-0.25, -0.2) is 4.98 Å². The quantitative estimate of drug-likeness (QED) is 0.306. The second-order valence-electron chi connectivity index (χ2n) is 3.86. The van der Waals surface area contributed by atoms with Crippen LogP contribution in [0.1, 0.15) is 5.56 Å². The van der Waals surface area contributed by atoms with Gasteiger partial charge in [-0.05, 0) is 18.2 Å². The second-order valence-corrected chi connectivity index (χ2v) is 3.86. The number of benzene rings is 1. The fourth-order valence-corrected chi connectivity index (χ4v) is 1.88. The van der Waals surface area contributed by atoms with Crippen LogP contribution in [0, 0.1) is 0 Å². The molecule has 1 aromatic carbocycles. The Balaban J connectivity index is 2.28. The molecule has 19 heavy (non-hydrogen) atoms. The molecule has 3 N–H and O–H groups in total. The molecular weight excluding hydrogens is 244 g/mol. The van der Waals surface area contributed by atoms with Crippen LogP contribution in [0.4, 0.5) is 0 Å². The minimum atomic E-state index is -0.0253. The lowest BCUT2D eigenvalue weighted by Gasteiger charge is -2.07. The van der Waals surface area contributed by atoms with Gasteiger partial charge in [0.2, 0.25) is 0 Å². The first-order valence-corrected chi connectivity index (χ1v) is 5.53. The fourth-order valence-electron chi connectivity index (χ4n) is 1.88. The first-order chi connectivity index (χ1) is 9.31. The van der Waals surface area contributed by atoms with Gasteiger partial charge in [0, 0.05) is 0 Å². The molecule has 0 saturated carbocycles. The second kappa shape index (κ2) is 4.37. The van der Waals surface area contributed by atoms with Crippen molar-refractivity contribution < 1.29 is 5.21 Å². The van der Waals surface area contributed by atoms with Crippen molar-refractivity contribution in [3.8, 4) is 5.82 Å². The largest absolute Gasteiger partial charge is 0.409 e. The average Bonchev–Trinajstić information content (AvgIpc) is 2.90. The topological polar surface area (TPSA) is 102 Å². The van der Waals surface area contributed by atoms with Crippen molar-refractivity contribution in [1.29, 1.82) is 0 Å². The zero-order valence-corrected chi connectivity index (χ0v) is 9.80. The van der Waals surface area contributed by atoms with Gasteiger partial charge in [0.15, 0.2) is 11.7 Å². The van der Waals surface area contributed by atoms with Gasteiger partial charge < -0.3 is 10.9 Å². The number of rotatable bonds is 2. The van der Waals surface area contributed by atoms with Gasteiger partial charge in [0.25, 0.3) is 0 Å². The number of aromatic nitrogens is 4. The van der Waals surface area contributed by atoms with Gasteiger partial charge in [0.05, 0.1) is 22.8 Å². The number of nitrogens with zero attached hydrogens (tertiary/aromatic N) is 5. The van der Waals surface area contributed by atoms with Gasteiger partial charge in [-0.15, -0.1) is 5.10 Å². The highest BCUT2D eigenvalue weighted by atomic mass is 16.4. The van der Waals surface area contributed by atoms with E-state index < -0.39 is 0 Å². The summed E-state index contributed by atoms with van der Waals surface area (Å²) in [5, 5.41) is 19.7. The highest BCUT2D eigenvalue weighted by Gasteiger charge is 2.13. The third-order valence-electron chi connectivity index (χ3n) is 2.77. The van der Waals surface area contributed by atoms with Gasteiger partial charge in [0.1, 0.15) is 6.33 Å². The van der Waals surface area contributed by atoms with Crippen LogP contribution in [-0.2, 0) is 0 Å². The standard InChI is InChI=1S/C12H10N6O/c13-11(17-19)8-5-6-15-16-12(8)18-7-14-9-3-1-2-4-10(9)18/h1-7,19H,(H2,13,17). The lowest BCUT2D eigenvalue weighted by molar-refractivity contribution is 0.318. The SMILES string of the molecule is N/C(=N/O)c1ccnnc1-n1cnc2ccccc21. The summed E-state index contributed by atoms with van der Waals surface area (Å²) in [4.78, 5) is 4.27. The summed E-state index contributed by atoms with van der Waals surface area (Å²) in [6.45, 7) is 0. The molecule has 0 amide bonds. The van der Waals surface area contributed by atoms with E-state index in [1.165, 1.54) is 6.20 Å². The van der Waals surface area contributed by atoms with E-state index in [-0.39, 0.29) is 5.84 Å². The van der Waals surface area contributed by atoms with Crippen LogP contribution in [0.3, 0.4) is 0 Å². The Morgan fingerprint density at radius 2 is 2.11 bits per heavy atom. The summed E-state index contributed by atoms with van der Waals surface area (Å²) in [7, 11) is 0. The molecular formula is C12H10N6O. The van der Waals surface area contributed by atoms with Crippen molar-refractivity contribution in [2.75, 3.05) is 0 Å². The first-order valence-electron chi connectivity index (χ1n) is 5.53. The Morgan fingerprint density at radius 1 is 1.26 bits per heavy atom. The molecule has 2 heterocycles. The van der Waals surface area contributed by atoms with Crippen molar-refractivity contribution in [1.82, 2.24) is 19.7 Å². The summed E-state index contributed by atoms with van der Waals surface area (Å²) in [5.41, 5.74) is 7.83. The Labute approximate surface area is 108 Å². The third kappa shape index (κ3) is 1.77. The van der Waals surface area contributed by atoms with E-state index in [4.69, 9.17) is 10.9 Å². The van der Waals surface area contributed by atoms with E-state index >= 15 is 0 Å². The molecule has 0 aliphatic rings. The van der Waals surface area contributed by atoms with Crippen LogP contribution in [0.15, 0.2) is 48.0 Å². The smallest absolute Gasteiger partial charge is 0.173 e. The zero-order valence-electron chi connectivity index (χ0n) is 9.80. The van der Waals surface area contributed by atoms with Crippen LogP contribution in [0.5, 0.6) is 0 Å². The van der Waals surface area contributed by atoms with Crippen molar-refractivity contribution in [3.05, 3.63) is 48.4 Å². The van der Waals surface area contributed by atoms with Crippen molar-refractivity contribution in [3.63, 3.8) is 0 Å². The van der Waals surface area contributed by atoms with E-state index in [0.717, 1.165) is 11.0 Å². The van der Waals surface area contributed by atoms with Crippen LogP contribution in [0.2, 0.25) is 0 Å². The summed E-state index contributed by atoms with van der Waals surface area (Å²) in [6.07, 6.45) is 3.11. The molecule has 0 atom stereocenters. The van der Waals surface area contributed by atoms with Crippen molar-refractivity contribution in [2.24, 2.45) is 10.9 Å². The maximum Gasteiger partial charge on any atom is 0.173 e. The Morgan fingerprint density at radius 3 is 2.95 bits per heavy atom. The predicted molar refractivity (Wildman–Crippen MR) is 69.2 cm³/mol. The molecule has 0 spiro atoms. The minimum absolute atomic E-state index is 0.0253. The summed E-state index contributed by atoms with van der Waals surface area (Å²) >= 11 is 0. The molecule has 0 aliphatic heterocycles. The van der Waals surface area contributed by atoms with Gasteiger partial charge in [-0.1, -0.05) is 17.3 Å². The molecule has 0 fully saturated rings. The van der Waals surface area contributed by atoms with Crippen LogP contribution in [-0.4, -0.2) is 30.8 Å². The Hall–Kier alpha value is -2.96. The van der Waals surface area contributed by atoms with E-state index in [1.807, 2.05) is 24.3 Å². The average molecular weight is 254 g/mol. The number of oxime groups is 1. The summed E-state index contributed by atoms with van der Waals surface area (Å²) < 4.78 is 1.75. The van der Waals surface area contributed by atoms with Gasteiger partial charge in [-0.3, -0.25) is 4.57 Å². The molecule has 7 nitrogen and oxygen atoms in total. The molecule has 0 aliphatic carbocycles. The number of hydrogen-bond acceptors (Lipinski definition) is 5. The fraction of sp³-hybridized carbons (Fsp3) is 0. The van der Waals surface area contributed by atoms with Crippen molar-refractivity contribution >= 4 is 16.9 Å². The van der Waals surface area contributed by atoms with Crippen LogP contribution in [0.25, 0.3) is 16.9 Å². The maximum atomic E-state index is 8.81. The highest BCUT2D eigenvalue weighted by Crippen LogP contribution is 2.18. The molecule has 0 unspecified atom stereocenters. The molecule has 2 aromatic heterocycles. The minimum Gasteiger partial charge on any atom is -0.409 e. The lowest BCUT2D eigenvalue weighted by atomic mass is 10.2. The van der Waals surface area contributed by atoms with Gasteiger partial charge in [-0.2, -0.15) is 5.10 Å². The van der Waals surface area contributed by atoms with E-state index in [9.17, 15) is 0 Å². The van der Waals surface area contributed by atoms with E-state index in [2.05, 4.69) is 20.3 Å². The van der Waals surface area contributed by atoms with Crippen molar-refractivity contribution in [2.45, 2.75) is 0 Å². The zero-order chi connectivity index (χ0) is 13.2. The Bertz CT molecular complexity index is 764. The first kappa shape index (κ1) is 11.1. The van der Waals surface area contributed by atoms with Crippen LogP contribution >= 0.6 is 0 Å². The van der Waals surface area contributed by atoms with E-state index in [0.29, 0.717) is 11.4 Å². The molecule has 7 heteroatoms. The highest BCUT2D eigenvalue weighted by molar-refractivity contribution is 6.00. The lowest BCUT2D eigenvalue weighted by Crippen LogP contribution is -2.17. The summed E-state index contributed by atoms with van der Waals surface area (Å²) in [6, 6.07) is 9.24. The molecule has 0 bridgehead atoms. The molecule has 0 saturated heterocycles. The molecule has 3 aromatic rings. The Kier molecular flexibility index (Phi) is 2.57. The number of fused-ring (bicyclic) bond motifs is 1. The number of hydrogen-bond donors (Lipinski definition) is 2. The summed E-state index contributed by atoms with van der Waals surface area (Å²) in [5.74, 6) is 0.439. The van der Waals surface area contributed by atoms with Crippen LogP contribution < -0.4 is 5.73 Å². The molecule has 94 valence electrons. The maximum absolute atomic E-state index is 8.81. The molecule has 3 rings (SSSR count). The monoisotopic (exact) mass is 254 g/mol. The molecule has 0 radical (unpaired) electrons. The number of nitrogens with two attached hydrogens (primary N) is 1. The van der Waals surface area contributed by atoms with E-state index in [1.54, 1.807) is 17.0 Å². The third-order valence-corrected chi connectivity index (χ3v) is 2.77. The normalized spacial score (nSPS) is 11.9. The van der Waals surface area contributed by atoms with Gasteiger partial charge >= 0.3 is 0 Å². The number of imidazole rings is 1.